The second-order valence-electron chi connectivity index (χ2n) is 3.27. The van der Waals surface area contributed by atoms with Gasteiger partial charge in [-0.1, -0.05) is 17.7 Å². The molecule has 0 saturated carbocycles. The number of ether oxygens (including phenoxy) is 1. The highest BCUT2D eigenvalue weighted by Gasteiger charge is 2.19. The number of hydrogen-bond acceptors (Lipinski definition) is 3. The van der Waals surface area contributed by atoms with Crippen molar-refractivity contribution in [3.63, 3.8) is 0 Å². The van der Waals surface area contributed by atoms with E-state index in [0.29, 0.717) is 17.8 Å². The van der Waals surface area contributed by atoms with E-state index in [-0.39, 0.29) is 0 Å². The van der Waals surface area contributed by atoms with Crippen molar-refractivity contribution in [3.8, 4) is 0 Å². The van der Waals surface area contributed by atoms with Crippen LogP contribution in [0.1, 0.15) is 5.56 Å². The minimum absolute atomic E-state index is 0.515. The van der Waals surface area contributed by atoms with Gasteiger partial charge in [-0.05, 0) is 11.6 Å². The molecule has 2 heterocycles. The minimum atomic E-state index is 0.515. The Kier molecular flexibility index (Phi) is 3.06. The van der Waals surface area contributed by atoms with E-state index in [1.807, 2.05) is 6.07 Å². The number of aromatic nitrogens is 1. The molecular weight excluding hydrogens is 214 g/mol. The van der Waals surface area contributed by atoms with Gasteiger partial charge in [-0.15, -0.1) is 0 Å². The smallest absolute Gasteiger partial charge is 0.287 e. The van der Waals surface area contributed by atoms with Gasteiger partial charge in [-0.2, -0.15) is 0 Å². The maximum absolute atomic E-state index is 5.71. The molecule has 0 radical (unpaired) electrons. The first-order valence-corrected chi connectivity index (χ1v) is 5.12. The van der Waals surface area contributed by atoms with Crippen LogP contribution in [0.25, 0.3) is 0 Å². The van der Waals surface area contributed by atoms with E-state index in [2.05, 4.69) is 14.9 Å². The number of halogens is 1. The largest absolute Gasteiger partial charge is 0.463 e. The van der Waals surface area contributed by atoms with Gasteiger partial charge < -0.3 is 9.64 Å². The predicted octanol–water partition coefficient (Wildman–Crippen LogP) is 1.55. The molecule has 15 heavy (non-hydrogen) atoms. The fourth-order valence-corrected chi connectivity index (χ4v) is 1.62. The van der Waals surface area contributed by atoms with Crippen LogP contribution in [0.15, 0.2) is 23.3 Å². The lowest BCUT2D eigenvalue weighted by Crippen LogP contribution is -2.24. The van der Waals surface area contributed by atoms with Crippen molar-refractivity contribution in [1.82, 2.24) is 9.88 Å². The Hall–Kier alpha value is -1.29. The topological polar surface area (TPSA) is 37.7 Å². The fraction of sp³-hybridized carbons (Fsp3) is 0.400. The number of pyridine rings is 1. The third-order valence-electron chi connectivity index (χ3n) is 2.22. The Morgan fingerprint density at radius 3 is 3.13 bits per heavy atom. The normalized spacial score (nSPS) is 18.3. The quantitative estimate of drug-likeness (QED) is 0.717. The van der Waals surface area contributed by atoms with Gasteiger partial charge in [0.15, 0.2) is 0 Å². The van der Waals surface area contributed by atoms with Crippen molar-refractivity contribution >= 4 is 17.6 Å². The summed E-state index contributed by atoms with van der Waals surface area (Å²) in [4.78, 5) is 10.2. The summed E-state index contributed by atoms with van der Waals surface area (Å²) >= 11 is 5.71. The maximum Gasteiger partial charge on any atom is 0.287 e. The van der Waals surface area contributed by atoms with E-state index >= 15 is 0 Å². The summed E-state index contributed by atoms with van der Waals surface area (Å²) in [5.41, 5.74) is 1.10. The van der Waals surface area contributed by atoms with E-state index in [1.165, 1.54) is 0 Å². The molecule has 0 aromatic carbocycles. The van der Waals surface area contributed by atoms with Gasteiger partial charge >= 0.3 is 0 Å². The van der Waals surface area contributed by atoms with E-state index in [1.54, 1.807) is 19.3 Å². The van der Waals surface area contributed by atoms with E-state index in [4.69, 9.17) is 16.3 Å². The molecule has 1 aromatic heterocycles. The van der Waals surface area contributed by atoms with Crippen molar-refractivity contribution < 1.29 is 4.74 Å². The van der Waals surface area contributed by atoms with Gasteiger partial charge in [0.05, 0.1) is 6.54 Å². The molecule has 0 atom stereocenters. The SMILES string of the molecule is CN=C1OCCN1Cc1ccc(Cl)nc1. The molecule has 0 aliphatic carbocycles. The molecule has 1 aliphatic heterocycles. The Balaban J connectivity index is 2.05. The molecule has 5 heteroatoms. The molecule has 1 saturated heterocycles. The van der Waals surface area contributed by atoms with E-state index < -0.39 is 0 Å². The van der Waals surface area contributed by atoms with Crippen molar-refractivity contribution in [1.29, 1.82) is 0 Å². The van der Waals surface area contributed by atoms with Gasteiger partial charge in [-0.25, -0.2) is 9.98 Å². The average Bonchev–Trinajstić information content (AvgIpc) is 2.69. The zero-order valence-electron chi connectivity index (χ0n) is 8.48. The first-order valence-electron chi connectivity index (χ1n) is 4.74. The van der Waals surface area contributed by atoms with Crippen molar-refractivity contribution in [2.24, 2.45) is 4.99 Å². The van der Waals surface area contributed by atoms with Crippen LogP contribution in [-0.4, -0.2) is 36.1 Å². The van der Waals surface area contributed by atoms with E-state index in [9.17, 15) is 0 Å². The summed E-state index contributed by atoms with van der Waals surface area (Å²) in [6.07, 6.45) is 1.77. The molecule has 4 nitrogen and oxygen atoms in total. The Labute approximate surface area is 93.5 Å². The molecule has 1 fully saturated rings. The molecule has 0 unspecified atom stereocenters. The molecule has 0 bridgehead atoms. The zero-order chi connectivity index (χ0) is 10.7. The summed E-state index contributed by atoms with van der Waals surface area (Å²) in [5.74, 6) is 0. The van der Waals surface area contributed by atoms with Crippen LogP contribution in [0.5, 0.6) is 0 Å². The Morgan fingerprint density at radius 1 is 1.60 bits per heavy atom. The van der Waals surface area contributed by atoms with Gasteiger partial charge in [0.25, 0.3) is 6.02 Å². The third kappa shape index (κ3) is 2.39. The highest BCUT2D eigenvalue weighted by molar-refractivity contribution is 6.29. The lowest BCUT2D eigenvalue weighted by Gasteiger charge is -2.14. The van der Waals surface area contributed by atoms with Crippen LogP contribution in [0, 0.1) is 0 Å². The summed E-state index contributed by atoms with van der Waals surface area (Å²) in [7, 11) is 1.73. The van der Waals surface area contributed by atoms with E-state index in [0.717, 1.165) is 18.7 Å². The molecule has 80 valence electrons. The van der Waals surface area contributed by atoms with Crippen LogP contribution in [0.4, 0.5) is 0 Å². The molecule has 0 amide bonds. The van der Waals surface area contributed by atoms with Crippen molar-refractivity contribution in [2.75, 3.05) is 20.2 Å². The summed E-state index contributed by atoms with van der Waals surface area (Å²) < 4.78 is 5.34. The van der Waals surface area contributed by atoms with Crippen molar-refractivity contribution in [3.05, 3.63) is 29.0 Å². The van der Waals surface area contributed by atoms with Crippen molar-refractivity contribution in [2.45, 2.75) is 6.54 Å². The molecule has 0 spiro atoms. The molecular formula is C10H12ClN3O. The standard InChI is InChI=1S/C10H12ClN3O/c1-12-10-14(4-5-15-10)7-8-2-3-9(11)13-6-8/h2-3,6H,4-5,7H2,1H3. The maximum atomic E-state index is 5.71. The number of amidine groups is 1. The second kappa shape index (κ2) is 4.49. The lowest BCUT2D eigenvalue weighted by atomic mass is 10.3. The number of rotatable bonds is 2. The second-order valence-corrected chi connectivity index (χ2v) is 3.65. The highest BCUT2D eigenvalue weighted by atomic mass is 35.5. The summed E-state index contributed by atoms with van der Waals surface area (Å²) in [6.45, 7) is 2.33. The molecule has 0 N–H and O–H groups in total. The van der Waals surface area contributed by atoms with Crippen LogP contribution in [-0.2, 0) is 11.3 Å². The molecule has 2 rings (SSSR count). The minimum Gasteiger partial charge on any atom is -0.463 e. The fourth-order valence-electron chi connectivity index (χ4n) is 1.51. The first kappa shape index (κ1) is 10.2. The van der Waals surface area contributed by atoms with Crippen LogP contribution in [0.2, 0.25) is 5.15 Å². The van der Waals surface area contributed by atoms with Crippen LogP contribution in [0.3, 0.4) is 0 Å². The lowest BCUT2D eigenvalue weighted by molar-refractivity contribution is 0.350. The van der Waals surface area contributed by atoms with Gasteiger partial charge in [0, 0.05) is 19.8 Å². The monoisotopic (exact) mass is 225 g/mol. The average molecular weight is 226 g/mol. The van der Waals surface area contributed by atoms with Crippen LogP contribution >= 0.6 is 11.6 Å². The van der Waals surface area contributed by atoms with Gasteiger partial charge in [0.1, 0.15) is 11.8 Å². The Morgan fingerprint density at radius 2 is 2.47 bits per heavy atom. The third-order valence-corrected chi connectivity index (χ3v) is 2.44. The number of aliphatic imine (C=N–C) groups is 1. The van der Waals surface area contributed by atoms with Gasteiger partial charge in [-0.3, -0.25) is 0 Å². The number of hydrogen-bond donors (Lipinski definition) is 0. The highest BCUT2D eigenvalue weighted by Crippen LogP contribution is 2.11. The Bertz CT molecular complexity index is 363. The van der Waals surface area contributed by atoms with Crippen LogP contribution < -0.4 is 0 Å². The first-order chi connectivity index (χ1) is 7.29. The van der Waals surface area contributed by atoms with Gasteiger partial charge in [0.2, 0.25) is 0 Å². The zero-order valence-corrected chi connectivity index (χ0v) is 9.24. The number of nitrogens with zero attached hydrogens (tertiary/aromatic N) is 3. The summed E-state index contributed by atoms with van der Waals surface area (Å²) in [5, 5.41) is 0.515. The molecule has 1 aromatic rings. The molecule has 1 aliphatic rings. The summed E-state index contributed by atoms with van der Waals surface area (Å²) in [6, 6.07) is 4.45. The predicted molar refractivity (Wildman–Crippen MR) is 59.0 cm³/mol.